The molecule has 0 saturated heterocycles. The van der Waals surface area contributed by atoms with Crippen LogP contribution in [0.5, 0.6) is 0 Å². The van der Waals surface area contributed by atoms with Gasteiger partial charge in [-0.05, 0) is 53.6 Å². The first-order chi connectivity index (χ1) is 27.7. The lowest BCUT2D eigenvalue weighted by molar-refractivity contribution is 0.670. The van der Waals surface area contributed by atoms with Gasteiger partial charge in [0.05, 0.1) is 17.1 Å². The topological polar surface area (TPSA) is 51.8 Å². The zero-order chi connectivity index (χ0) is 37.0. The number of fused-ring (bicyclic) bond motifs is 6. The third-order valence-electron chi connectivity index (χ3n) is 10.6. The molecule has 4 nitrogen and oxygen atoms in total. The van der Waals surface area contributed by atoms with Crippen molar-refractivity contribution in [2.24, 2.45) is 0 Å². The van der Waals surface area contributed by atoms with Gasteiger partial charge < -0.3 is 4.42 Å². The Kier molecular flexibility index (Phi) is 7.64. The molecule has 11 rings (SSSR count). The summed E-state index contributed by atoms with van der Waals surface area (Å²) in [5.74, 6) is 0.682. The fraction of sp³-hybridized carbons (Fsp3) is 0. The summed E-state index contributed by atoms with van der Waals surface area (Å²) in [6.45, 7) is 0. The maximum absolute atomic E-state index is 6.75. The number of hydrogen-bond donors (Lipinski definition) is 0. The first-order valence-electron chi connectivity index (χ1n) is 18.7. The van der Waals surface area contributed by atoms with Crippen molar-refractivity contribution in [1.82, 2.24) is 15.0 Å². The molecular weight excluding hydrogens is 703 g/mol. The summed E-state index contributed by atoms with van der Waals surface area (Å²) < 4.78 is 9.31. The minimum Gasteiger partial charge on any atom is -0.455 e. The van der Waals surface area contributed by atoms with Crippen molar-refractivity contribution in [3.8, 4) is 67.4 Å². The zero-order valence-corrected chi connectivity index (χ0v) is 30.9. The smallest absolute Gasteiger partial charge is 0.160 e. The summed E-state index contributed by atoms with van der Waals surface area (Å²) in [7, 11) is 0. The zero-order valence-electron chi connectivity index (χ0n) is 30.1. The van der Waals surface area contributed by atoms with Crippen LogP contribution in [0.1, 0.15) is 0 Å². The van der Waals surface area contributed by atoms with E-state index in [9.17, 15) is 0 Å². The van der Waals surface area contributed by atoms with Gasteiger partial charge in [-0.15, -0.1) is 11.3 Å². The van der Waals surface area contributed by atoms with Crippen LogP contribution in [0.3, 0.4) is 0 Å². The maximum atomic E-state index is 6.75. The van der Waals surface area contributed by atoms with Gasteiger partial charge in [0.1, 0.15) is 11.2 Å². The average Bonchev–Trinajstić information content (AvgIpc) is 3.86. The molecule has 0 spiro atoms. The highest BCUT2D eigenvalue weighted by Crippen LogP contribution is 2.46. The molecular formula is C51H31N3OS. The molecule has 5 heteroatoms. The second-order valence-electron chi connectivity index (χ2n) is 13.9. The molecule has 0 aliphatic rings. The molecule has 11 aromatic rings. The van der Waals surface area contributed by atoms with Crippen LogP contribution in [0, 0.1) is 0 Å². The van der Waals surface area contributed by atoms with Gasteiger partial charge in [0.25, 0.3) is 0 Å². The Morgan fingerprint density at radius 2 is 1.07 bits per heavy atom. The molecule has 4 aromatic heterocycles. The number of hydrogen-bond acceptors (Lipinski definition) is 5. The quantitative estimate of drug-likeness (QED) is 0.171. The summed E-state index contributed by atoms with van der Waals surface area (Å²) >= 11 is 1.84. The van der Waals surface area contributed by atoms with Crippen molar-refractivity contribution >= 4 is 53.4 Å². The minimum atomic E-state index is 0.682. The number of pyridine rings is 1. The largest absolute Gasteiger partial charge is 0.455 e. The second-order valence-corrected chi connectivity index (χ2v) is 15.0. The lowest BCUT2D eigenvalue weighted by atomic mass is 9.93. The van der Waals surface area contributed by atoms with Crippen LogP contribution < -0.4 is 0 Å². The number of rotatable bonds is 6. The van der Waals surface area contributed by atoms with Crippen molar-refractivity contribution in [1.29, 1.82) is 0 Å². The summed E-state index contributed by atoms with van der Waals surface area (Å²) in [4.78, 5) is 14.8. The Hall–Kier alpha value is -7.21. The van der Waals surface area contributed by atoms with E-state index in [1.54, 1.807) is 0 Å². The number of benzene rings is 7. The molecule has 0 N–H and O–H groups in total. The Morgan fingerprint density at radius 3 is 1.91 bits per heavy atom. The predicted molar refractivity (Wildman–Crippen MR) is 233 cm³/mol. The number of aromatic nitrogens is 3. The summed E-state index contributed by atoms with van der Waals surface area (Å²) in [5.41, 5.74) is 13.0. The van der Waals surface area contributed by atoms with Crippen molar-refractivity contribution in [3.63, 3.8) is 0 Å². The highest BCUT2D eigenvalue weighted by atomic mass is 32.1. The van der Waals surface area contributed by atoms with E-state index >= 15 is 0 Å². The van der Waals surface area contributed by atoms with E-state index in [-0.39, 0.29) is 0 Å². The van der Waals surface area contributed by atoms with Crippen LogP contribution in [-0.4, -0.2) is 15.0 Å². The number of thiophene rings is 1. The molecule has 0 radical (unpaired) electrons. The minimum absolute atomic E-state index is 0.682. The molecule has 0 amide bonds. The SMILES string of the molecule is c1ccc(-c2nc(-c3ccc(-c4ccc(-c5cccc6c5sc5ccccc56)c5oc6ccccc6c45)cc3)cc(-c3cccc(-c4ccccn4)c3)n2)cc1. The number of para-hydroxylation sites is 1. The standard InChI is InChI=1S/C51H31N3OS/c1-2-12-34(13-3-1)51-53-44(31-45(54-51)36-15-10-14-35(30-36)43-20-8-9-29-52-43)33-25-23-32(24-26-33)37-27-28-39(49-48(37)42-17-4-6-21-46(42)55-49)41-19-11-18-40-38-16-5-7-22-47(38)56-50(40)41/h1-31H. The van der Waals surface area contributed by atoms with Crippen LogP contribution in [-0.2, 0) is 0 Å². The van der Waals surface area contributed by atoms with Gasteiger partial charge in [-0.25, -0.2) is 9.97 Å². The summed E-state index contributed by atoms with van der Waals surface area (Å²) in [5, 5.41) is 4.79. The van der Waals surface area contributed by atoms with Gasteiger partial charge in [0, 0.05) is 70.5 Å². The van der Waals surface area contributed by atoms with Crippen LogP contribution in [0.25, 0.3) is 110 Å². The monoisotopic (exact) mass is 733 g/mol. The Labute approximate surface area is 327 Å². The summed E-state index contributed by atoms with van der Waals surface area (Å²) in [6.07, 6.45) is 1.82. The molecule has 7 aromatic carbocycles. The Balaban J connectivity index is 1.04. The fourth-order valence-corrected chi connectivity index (χ4v) is 9.12. The van der Waals surface area contributed by atoms with Gasteiger partial charge >= 0.3 is 0 Å². The lowest BCUT2D eigenvalue weighted by Gasteiger charge is -2.12. The first kappa shape index (κ1) is 32.2. The molecule has 262 valence electrons. The van der Waals surface area contributed by atoms with Crippen molar-refractivity contribution in [2.75, 3.05) is 0 Å². The Bertz CT molecular complexity index is 3240. The highest BCUT2D eigenvalue weighted by Gasteiger charge is 2.20. The Morgan fingerprint density at radius 1 is 0.411 bits per heavy atom. The highest BCUT2D eigenvalue weighted by molar-refractivity contribution is 7.26. The molecule has 4 heterocycles. The molecule has 0 aliphatic carbocycles. The molecule has 56 heavy (non-hydrogen) atoms. The van der Waals surface area contributed by atoms with Gasteiger partial charge in [-0.2, -0.15) is 0 Å². The van der Waals surface area contributed by atoms with E-state index in [2.05, 4.69) is 145 Å². The van der Waals surface area contributed by atoms with Crippen LogP contribution in [0.2, 0.25) is 0 Å². The lowest BCUT2D eigenvalue weighted by Crippen LogP contribution is -1.96. The second kappa shape index (κ2) is 13.3. The first-order valence-corrected chi connectivity index (χ1v) is 19.5. The molecule has 0 bridgehead atoms. The van der Waals surface area contributed by atoms with Gasteiger partial charge in [-0.3, -0.25) is 4.98 Å². The molecule has 0 unspecified atom stereocenters. The third-order valence-corrected chi connectivity index (χ3v) is 11.8. The van der Waals surface area contributed by atoms with E-state index in [1.807, 2.05) is 60.0 Å². The maximum Gasteiger partial charge on any atom is 0.160 e. The van der Waals surface area contributed by atoms with Crippen LogP contribution in [0.15, 0.2) is 193 Å². The molecule has 0 fully saturated rings. The van der Waals surface area contributed by atoms with Gasteiger partial charge in [-0.1, -0.05) is 140 Å². The molecule has 0 aliphatic heterocycles. The van der Waals surface area contributed by atoms with Crippen LogP contribution in [0.4, 0.5) is 0 Å². The van der Waals surface area contributed by atoms with Crippen molar-refractivity contribution < 1.29 is 4.42 Å². The summed E-state index contributed by atoms with van der Waals surface area (Å²) in [6, 6.07) is 63.5. The van der Waals surface area contributed by atoms with Gasteiger partial charge in [0.15, 0.2) is 5.82 Å². The molecule has 0 saturated carbocycles. The van der Waals surface area contributed by atoms with E-state index in [0.29, 0.717) is 5.82 Å². The number of nitrogens with zero attached hydrogens (tertiary/aromatic N) is 3. The molecule has 0 atom stereocenters. The van der Waals surface area contributed by atoms with E-state index in [1.165, 1.54) is 25.7 Å². The van der Waals surface area contributed by atoms with Crippen molar-refractivity contribution in [2.45, 2.75) is 0 Å². The predicted octanol–water partition coefficient (Wildman–Crippen LogP) is 14.1. The normalized spacial score (nSPS) is 11.6. The number of furan rings is 1. The third kappa shape index (κ3) is 5.48. The average molecular weight is 734 g/mol. The fourth-order valence-electron chi connectivity index (χ4n) is 7.89. The van der Waals surface area contributed by atoms with E-state index in [4.69, 9.17) is 14.4 Å². The van der Waals surface area contributed by atoms with Gasteiger partial charge in [0.2, 0.25) is 0 Å². The van der Waals surface area contributed by atoms with Crippen LogP contribution >= 0.6 is 11.3 Å². The van der Waals surface area contributed by atoms with Crippen molar-refractivity contribution in [3.05, 3.63) is 188 Å². The van der Waals surface area contributed by atoms with E-state index in [0.717, 1.165) is 78.0 Å². The van der Waals surface area contributed by atoms with E-state index < -0.39 is 0 Å².